The minimum Gasteiger partial charge on any atom is -0.466 e. The van der Waals surface area contributed by atoms with Crippen molar-refractivity contribution in [3.05, 3.63) is 34.9 Å². The Morgan fingerprint density at radius 2 is 1.82 bits per heavy atom. The van der Waals surface area contributed by atoms with Crippen molar-refractivity contribution < 1.29 is 23.9 Å². The van der Waals surface area contributed by atoms with E-state index in [4.69, 9.17) is 21.1 Å². The van der Waals surface area contributed by atoms with Gasteiger partial charge in [-0.1, -0.05) is 11.6 Å². The van der Waals surface area contributed by atoms with Crippen LogP contribution in [-0.2, 0) is 19.1 Å². The predicted molar refractivity (Wildman–Crippen MR) is 80.6 cm³/mol. The predicted octanol–water partition coefficient (Wildman–Crippen LogP) is 1.96. The Morgan fingerprint density at radius 1 is 1.14 bits per heavy atom. The first-order chi connectivity index (χ1) is 10.5. The monoisotopic (exact) mass is 327 g/mol. The standard InChI is InChI=1S/C15H18ClNO5/c1-2-21-14(19)4-3-9-17-13(18)10-22-15(20)11-5-7-12(16)8-6-11/h5-8H,2-4,9-10H2,1H3,(H,17,18). The van der Waals surface area contributed by atoms with Crippen LogP contribution in [0.4, 0.5) is 0 Å². The van der Waals surface area contributed by atoms with Gasteiger partial charge in [-0.15, -0.1) is 0 Å². The average Bonchev–Trinajstić information content (AvgIpc) is 2.50. The van der Waals surface area contributed by atoms with Gasteiger partial charge in [0.2, 0.25) is 0 Å². The molecular weight excluding hydrogens is 310 g/mol. The fourth-order valence-electron chi connectivity index (χ4n) is 1.55. The Bertz CT molecular complexity index is 515. The van der Waals surface area contributed by atoms with Crippen LogP contribution in [0.1, 0.15) is 30.1 Å². The molecule has 1 rings (SSSR count). The third-order valence-corrected chi connectivity index (χ3v) is 2.85. The molecule has 1 N–H and O–H groups in total. The van der Waals surface area contributed by atoms with Crippen LogP contribution in [0, 0.1) is 0 Å². The third-order valence-electron chi connectivity index (χ3n) is 2.60. The number of carbonyl (C=O) groups is 3. The van der Waals surface area contributed by atoms with Crippen molar-refractivity contribution >= 4 is 29.4 Å². The summed E-state index contributed by atoms with van der Waals surface area (Å²) in [6.07, 6.45) is 0.703. The van der Waals surface area contributed by atoms with Gasteiger partial charge in [0.1, 0.15) is 0 Å². The molecule has 1 aromatic carbocycles. The number of ether oxygens (including phenoxy) is 2. The zero-order valence-corrected chi connectivity index (χ0v) is 13.0. The van der Waals surface area contributed by atoms with Crippen LogP contribution < -0.4 is 5.32 Å². The molecule has 0 aliphatic carbocycles. The highest BCUT2D eigenvalue weighted by atomic mass is 35.5. The highest BCUT2D eigenvalue weighted by Crippen LogP contribution is 2.10. The second-order valence-corrected chi connectivity index (χ2v) is 4.78. The van der Waals surface area contributed by atoms with Crippen LogP contribution >= 0.6 is 11.6 Å². The van der Waals surface area contributed by atoms with E-state index in [2.05, 4.69) is 5.32 Å². The fourth-order valence-corrected chi connectivity index (χ4v) is 1.67. The molecule has 0 saturated carbocycles. The molecule has 6 nitrogen and oxygen atoms in total. The molecule has 7 heteroatoms. The second-order valence-electron chi connectivity index (χ2n) is 4.34. The zero-order chi connectivity index (χ0) is 16.4. The van der Waals surface area contributed by atoms with E-state index in [1.807, 2.05) is 0 Å². The van der Waals surface area contributed by atoms with Gasteiger partial charge in [0, 0.05) is 18.0 Å². The van der Waals surface area contributed by atoms with Crippen LogP contribution in [0.5, 0.6) is 0 Å². The second kappa shape index (κ2) is 9.78. The summed E-state index contributed by atoms with van der Waals surface area (Å²) in [4.78, 5) is 34.2. The number of esters is 2. The minimum atomic E-state index is -0.599. The first kappa shape index (κ1) is 18.0. The molecule has 0 saturated heterocycles. The number of nitrogens with one attached hydrogen (secondary N) is 1. The molecule has 0 heterocycles. The summed E-state index contributed by atoms with van der Waals surface area (Å²) >= 11 is 5.71. The largest absolute Gasteiger partial charge is 0.466 e. The number of hydrogen-bond donors (Lipinski definition) is 1. The van der Waals surface area contributed by atoms with E-state index in [1.165, 1.54) is 12.1 Å². The van der Waals surface area contributed by atoms with Gasteiger partial charge in [0.15, 0.2) is 6.61 Å². The molecule has 22 heavy (non-hydrogen) atoms. The van der Waals surface area contributed by atoms with E-state index < -0.39 is 11.9 Å². The van der Waals surface area contributed by atoms with Crippen LogP contribution in [0.2, 0.25) is 5.02 Å². The molecule has 0 radical (unpaired) electrons. The van der Waals surface area contributed by atoms with Crippen molar-refractivity contribution in [1.29, 1.82) is 0 Å². The fraction of sp³-hybridized carbons (Fsp3) is 0.400. The number of hydrogen-bond acceptors (Lipinski definition) is 5. The Morgan fingerprint density at radius 3 is 2.45 bits per heavy atom. The number of carbonyl (C=O) groups excluding carboxylic acids is 3. The molecule has 0 bridgehead atoms. The summed E-state index contributed by atoms with van der Waals surface area (Å²) in [5.41, 5.74) is 0.319. The lowest BCUT2D eigenvalue weighted by Crippen LogP contribution is -2.30. The number of amides is 1. The Kier molecular flexibility index (Phi) is 7.99. The van der Waals surface area contributed by atoms with Crippen molar-refractivity contribution in [1.82, 2.24) is 5.32 Å². The Labute approximate surface area is 133 Å². The molecule has 0 aliphatic heterocycles. The maximum absolute atomic E-state index is 11.6. The lowest BCUT2D eigenvalue weighted by Gasteiger charge is -2.06. The molecule has 0 atom stereocenters. The smallest absolute Gasteiger partial charge is 0.338 e. The molecule has 0 aromatic heterocycles. The highest BCUT2D eigenvalue weighted by Gasteiger charge is 2.10. The van der Waals surface area contributed by atoms with E-state index in [-0.39, 0.29) is 19.0 Å². The van der Waals surface area contributed by atoms with Gasteiger partial charge >= 0.3 is 11.9 Å². The molecule has 0 aliphatic rings. The van der Waals surface area contributed by atoms with Crippen LogP contribution in [0.25, 0.3) is 0 Å². The third kappa shape index (κ3) is 7.08. The van der Waals surface area contributed by atoms with Crippen molar-refractivity contribution in [3.63, 3.8) is 0 Å². The van der Waals surface area contributed by atoms with Crippen molar-refractivity contribution in [2.24, 2.45) is 0 Å². The molecule has 0 unspecified atom stereocenters. The van der Waals surface area contributed by atoms with Crippen LogP contribution in [0.3, 0.4) is 0 Å². The van der Waals surface area contributed by atoms with Gasteiger partial charge in [-0.2, -0.15) is 0 Å². The normalized spacial score (nSPS) is 9.91. The molecule has 0 fully saturated rings. The number of rotatable bonds is 8. The van der Waals surface area contributed by atoms with E-state index in [1.54, 1.807) is 19.1 Å². The van der Waals surface area contributed by atoms with E-state index >= 15 is 0 Å². The Balaban J connectivity index is 2.19. The van der Waals surface area contributed by atoms with Gasteiger partial charge in [-0.05, 0) is 37.6 Å². The van der Waals surface area contributed by atoms with Gasteiger partial charge in [-0.3, -0.25) is 9.59 Å². The lowest BCUT2D eigenvalue weighted by atomic mass is 10.2. The van der Waals surface area contributed by atoms with Crippen LogP contribution in [-0.4, -0.2) is 37.6 Å². The van der Waals surface area contributed by atoms with E-state index in [0.29, 0.717) is 30.2 Å². The highest BCUT2D eigenvalue weighted by molar-refractivity contribution is 6.30. The van der Waals surface area contributed by atoms with Crippen molar-refractivity contribution in [2.75, 3.05) is 19.8 Å². The van der Waals surface area contributed by atoms with Crippen molar-refractivity contribution in [3.8, 4) is 0 Å². The average molecular weight is 328 g/mol. The quantitative estimate of drug-likeness (QED) is 0.583. The Hall–Kier alpha value is -2.08. The summed E-state index contributed by atoms with van der Waals surface area (Å²) in [5, 5.41) is 3.06. The van der Waals surface area contributed by atoms with Crippen molar-refractivity contribution in [2.45, 2.75) is 19.8 Å². The summed E-state index contributed by atoms with van der Waals surface area (Å²) in [6, 6.07) is 6.16. The topological polar surface area (TPSA) is 81.7 Å². The zero-order valence-electron chi connectivity index (χ0n) is 12.3. The first-order valence-electron chi connectivity index (χ1n) is 6.88. The first-order valence-corrected chi connectivity index (χ1v) is 7.25. The minimum absolute atomic E-state index is 0.235. The summed E-state index contributed by atoms with van der Waals surface area (Å²) in [6.45, 7) is 2.01. The molecule has 120 valence electrons. The van der Waals surface area contributed by atoms with E-state index in [9.17, 15) is 14.4 Å². The number of halogens is 1. The molecule has 0 spiro atoms. The van der Waals surface area contributed by atoms with Crippen LogP contribution in [0.15, 0.2) is 24.3 Å². The summed E-state index contributed by atoms with van der Waals surface area (Å²) in [7, 11) is 0. The lowest BCUT2D eigenvalue weighted by molar-refractivity contribution is -0.143. The molecule has 1 aromatic rings. The number of benzene rings is 1. The van der Waals surface area contributed by atoms with Gasteiger partial charge in [0.05, 0.1) is 12.2 Å². The van der Waals surface area contributed by atoms with Gasteiger partial charge in [0.25, 0.3) is 5.91 Å². The maximum atomic E-state index is 11.6. The summed E-state index contributed by atoms with van der Waals surface area (Å²) < 4.78 is 9.62. The molecular formula is C15H18ClNO5. The van der Waals surface area contributed by atoms with Gasteiger partial charge < -0.3 is 14.8 Å². The van der Waals surface area contributed by atoms with E-state index in [0.717, 1.165) is 0 Å². The summed E-state index contributed by atoms with van der Waals surface area (Å²) in [5.74, 6) is -1.32. The SMILES string of the molecule is CCOC(=O)CCCNC(=O)COC(=O)c1ccc(Cl)cc1. The molecule has 1 amide bonds. The maximum Gasteiger partial charge on any atom is 0.338 e. The van der Waals surface area contributed by atoms with Gasteiger partial charge in [-0.25, -0.2) is 4.79 Å².